The van der Waals surface area contributed by atoms with Crippen LogP contribution in [0.3, 0.4) is 0 Å². The van der Waals surface area contributed by atoms with Crippen LogP contribution in [0.5, 0.6) is 0 Å². The van der Waals surface area contributed by atoms with Crippen LogP contribution in [0.1, 0.15) is 66.9 Å². The van der Waals surface area contributed by atoms with Gasteiger partial charge in [0, 0.05) is 60.1 Å². The standard InChI is InChI=1S/C30H37ClFN3O2/c1-3-33(4-2)13-14-34-15-16-35-27-18-20(30(36)37)9-11-25(27)28(24-7-5-6-8-26(24)32)29(35)23-12-10-22(31)17-21(23)19-34/h9-12,17-18,24,26H,3-8,13-16,19H2,1-2H3,(H,36,37)/t24-,26-/m1/s1. The van der Waals surface area contributed by atoms with E-state index in [4.69, 9.17) is 11.6 Å². The number of aromatic carboxylic acids is 1. The maximum absolute atomic E-state index is 15.5. The second-order valence-corrected chi connectivity index (χ2v) is 10.9. The fraction of sp³-hybridized carbons (Fsp3) is 0.500. The molecule has 5 rings (SSSR count). The zero-order valence-corrected chi connectivity index (χ0v) is 22.6. The molecule has 1 fully saturated rings. The molecule has 1 aliphatic heterocycles. The minimum absolute atomic E-state index is 0.190. The first kappa shape index (κ1) is 26.2. The molecule has 7 heteroatoms. The van der Waals surface area contributed by atoms with Gasteiger partial charge in [0.2, 0.25) is 0 Å². The number of halogens is 2. The van der Waals surface area contributed by atoms with Gasteiger partial charge in [0.1, 0.15) is 6.17 Å². The smallest absolute Gasteiger partial charge is 0.335 e. The normalized spacial score (nSPS) is 20.5. The van der Waals surface area contributed by atoms with E-state index in [1.165, 1.54) is 0 Å². The molecule has 37 heavy (non-hydrogen) atoms. The van der Waals surface area contributed by atoms with Crippen molar-refractivity contribution in [2.75, 3.05) is 32.7 Å². The number of rotatable bonds is 7. The maximum atomic E-state index is 15.5. The molecule has 0 radical (unpaired) electrons. The monoisotopic (exact) mass is 525 g/mol. The van der Waals surface area contributed by atoms with E-state index in [9.17, 15) is 9.90 Å². The predicted octanol–water partition coefficient (Wildman–Crippen LogP) is 6.81. The second-order valence-electron chi connectivity index (χ2n) is 10.5. The van der Waals surface area contributed by atoms with Crippen molar-refractivity contribution in [1.29, 1.82) is 0 Å². The maximum Gasteiger partial charge on any atom is 0.335 e. The van der Waals surface area contributed by atoms with Crippen LogP contribution in [0.25, 0.3) is 22.2 Å². The van der Waals surface area contributed by atoms with Crippen LogP contribution in [0.2, 0.25) is 5.02 Å². The third-order valence-electron chi connectivity index (χ3n) is 8.39. The molecule has 3 aromatic rings. The molecule has 0 amide bonds. The van der Waals surface area contributed by atoms with Gasteiger partial charge in [-0.05, 0) is 61.3 Å². The van der Waals surface area contributed by atoms with Gasteiger partial charge >= 0.3 is 5.97 Å². The number of likely N-dealkylation sites (N-methyl/N-ethyl adjacent to an activating group) is 1. The number of aromatic nitrogens is 1. The molecule has 1 aromatic heterocycles. The minimum atomic E-state index is -0.945. The van der Waals surface area contributed by atoms with E-state index >= 15 is 4.39 Å². The highest BCUT2D eigenvalue weighted by Gasteiger charge is 2.34. The first-order valence-corrected chi connectivity index (χ1v) is 14.1. The summed E-state index contributed by atoms with van der Waals surface area (Å²) >= 11 is 6.51. The van der Waals surface area contributed by atoms with E-state index in [1.807, 2.05) is 12.1 Å². The molecular weight excluding hydrogens is 489 g/mol. The molecule has 2 aliphatic rings. The molecule has 5 nitrogen and oxygen atoms in total. The van der Waals surface area contributed by atoms with Crippen LogP contribution in [-0.2, 0) is 13.1 Å². The lowest BCUT2D eigenvalue weighted by molar-refractivity contribution is 0.0697. The van der Waals surface area contributed by atoms with Gasteiger partial charge in [0.15, 0.2) is 0 Å². The zero-order chi connectivity index (χ0) is 26.1. The number of carboxylic acid groups (broad SMARTS) is 1. The predicted molar refractivity (Wildman–Crippen MR) is 149 cm³/mol. The van der Waals surface area contributed by atoms with E-state index in [0.29, 0.717) is 11.4 Å². The minimum Gasteiger partial charge on any atom is -0.478 e. The quantitative estimate of drug-likeness (QED) is 0.368. The van der Waals surface area contributed by atoms with Crippen molar-refractivity contribution in [2.45, 2.75) is 64.7 Å². The first-order valence-electron chi connectivity index (χ1n) is 13.7. The number of alkyl halides is 1. The highest BCUT2D eigenvalue weighted by atomic mass is 35.5. The van der Waals surface area contributed by atoms with E-state index in [2.05, 4.69) is 40.3 Å². The number of carbonyl (C=O) groups is 1. The Kier molecular flexibility index (Phi) is 7.89. The van der Waals surface area contributed by atoms with Crippen molar-refractivity contribution >= 4 is 28.5 Å². The van der Waals surface area contributed by atoms with Crippen molar-refractivity contribution in [3.05, 3.63) is 58.1 Å². The Bertz CT molecular complexity index is 1290. The molecule has 2 atom stereocenters. The summed E-state index contributed by atoms with van der Waals surface area (Å²) in [4.78, 5) is 16.8. The lowest BCUT2D eigenvalue weighted by atomic mass is 9.80. The number of carboxylic acids is 1. The highest BCUT2D eigenvalue weighted by Crippen LogP contribution is 2.46. The number of hydrogen-bond acceptors (Lipinski definition) is 3. The summed E-state index contributed by atoms with van der Waals surface area (Å²) < 4.78 is 17.8. The van der Waals surface area contributed by atoms with Crippen molar-refractivity contribution in [3.63, 3.8) is 0 Å². The fourth-order valence-electron chi connectivity index (χ4n) is 6.32. The van der Waals surface area contributed by atoms with E-state index in [1.54, 1.807) is 12.1 Å². The zero-order valence-electron chi connectivity index (χ0n) is 21.9. The van der Waals surface area contributed by atoms with Gasteiger partial charge in [0.05, 0.1) is 11.3 Å². The molecule has 0 bridgehead atoms. The third kappa shape index (κ3) is 5.16. The summed E-state index contributed by atoms with van der Waals surface area (Å²) in [6.45, 7) is 10.7. The van der Waals surface area contributed by atoms with Crippen molar-refractivity contribution in [1.82, 2.24) is 14.4 Å². The Labute approximate surface area is 223 Å². The Morgan fingerprint density at radius 1 is 1.11 bits per heavy atom. The molecule has 2 aromatic carbocycles. The van der Waals surface area contributed by atoms with E-state index in [-0.39, 0.29) is 11.5 Å². The summed E-state index contributed by atoms with van der Waals surface area (Å²) in [5, 5.41) is 11.4. The second kappa shape index (κ2) is 11.1. The van der Waals surface area contributed by atoms with Crippen LogP contribution < -0.4 is 0 Å². The Balaban J connectivity index is 1.69. The third-order valence-corrected chi connectivity index (χ3v) is 8.62. The average Bonchev–Trinajstić information content (AvgIpc) is 3.19. The molecule has 0 unspecified atom stereocenters. The molecule has 1 saturated carbocycles. The SMILES string of the molecule is CCN(CC)CCN1CCn2c(c([C@@H]3CCCC[C@H]3F)c3ccc(C(=O)O)cc32)-c2ccc(Cl)cc2C1. The lowest BCUT2D eigenvalue weighted by Gasteiger charge is -2.31. The molecule has 0 saturated heterocycles. The number of hydrogen-bond donors (Lipinski definition) is 1. The number of nitrogens with zero attached hydrogens (tertiary/aromatic N) is 3. The Morgan fingerprint density at radius 2 is 1.89 bits per heavy atom. The van der Waals surface area contributed by atoms with Crippen LogP contribution >= 0.6 is 11.6 Å². The fourth-order valence-corrected chi connectivity index (χ4v) is 6.51. The lowest BCUT2D eigenvalue weighted by Crippen LogP contribution is -2.37. The van der Waals surface area contributed by atoms with Crippen LogP contribution in [0, 0.1) is 0 Å². The van der Waals surface area contributed by atoms with Gasteiger partial charge < -0.3 is 14.6 Å². The van der Waals surface area contributed by atoms with Crippen molar-refractivity contribution < 1.29 is 14.3 Å². The molecule has 198 valence electrons. The van der Waals surface area contributed by atoms with E-state index in [0.717, 1.165) is 98.4 Å². The largest absolute Gasteiger partial charge is 0.478 e. The topological polar surface area (TPSA) is 48.7 Å². The van der Waals surface area contributed by atoms with Gasteiger partial charge in [-0.3, -0.25) is 4.90 Å². The van der Waals surface area contributed by atoms with Gasteiger partial charge in [0.25, 0.3) is 0 Å². The number of benzene rings is 2. The van der Waals surface area contributed by atoms with Gasteiger partial charge in [-0.1, -0.05) is 50.4 Å². The Hall–Kier alpha value is -2.41. The first-order chi connectivity index (χ1) is 17.9. The number of fused-ring (bicyclic) bond motifs is 5. The van der Waals surface area contributed by atoms with Crippen LogP contribution in [0.15, 0.2) is 36.4 Å². The summed E-state index contributed by atoms with van der Waals surface area (Å²) in [7, 11) is 0. The van der Waals surface area contributed by atoms with Crippen LogP contribution in [-0.4, -0.2) is 64.3 Å². The highest BCUT2D eigenvalue weighted by molar-refractivity contribution is 6.30. The van der Waals surface area contributed by atoms with E-state index < -0.39 is 12.1 Å². The van der Waals surface area contributed by atoms with Gasteiger partial charge in [-0.15, -0.1) is 0 Å². The summed E-state index contributed by atoms with van der Waals surface area (Å²) in [6, 6.07) is 11.4. The van der Waals surface area contributed by atoms with Crippen molar-refractivity contribution in [2.24, 2.45) is 0 Å². The molecular formula is C30H37ClFN3O2. The molecule has 1 aliphatic carbocycles. The Morgan fingerprint density at radius 3 is 2.62 bits per heavy atom. The summed E-state index contributed by atoms with van der Waals surface area (Å²) in [5.41, 5.74) is 5.45. The van der Waals surface area contributed by atoms with Gasteiger partial charge in [-0.25, -0.2) is 9.18 Å². The summed E-state index contributed by atoms with van der Waals surface area (Å²) in [6.07, 6.45) is 2.43. The molecule has 0 spiro atoms. The molecule has 2 heterocycles. The summed E-state index contributed by atoms with van der Waals surface area (Å²) in [5.74, 6) is -1.14. The molecule has 1 N–H and O–H groups in total. The average molecular weight is 526 g/mol. The van der Waals surface area contributed by atoms with Crippen LogP contribution in [0.4, 0.5) is 4.39 Å². The van der Waals surface area contributed by atoms with Crippen molar-refractivity contribution in [3.8, 4) is 11.3 Å². The van der Waals surface area contributed by atoms with Gasteiger partial charge in [-0.2, -0.15) is 0 Å².